The monoisotopic (exact) mass is 631 g/mol. The molecule has 0 bridgehead atoms. The van der Waals surface area contributed by atoms with E-state index in [1.807, 2.05) is 0 Å². The van der Waals surface area contributed by atoms with Crippen LogP contribution in [0.5, 0.6) is 0 Å². The molecule has 0 spiro atoms. The maximum atomic E-state index is 13.4. The minimum atomic E-state index is -3.87. The van der Waals surface area contributed by atoms with Crippen LogP contribution in [0.4, 0.5) is 5.69 Å². The Kier molecular flexibility index (Phi) is 10.3. The van der Waals surface area contributed by atoms with E-state index in [-0.39, 0.29) is 40.7 Å². The van der Waals surface area contributed by atoms with Crippen LogP contribution in [-0.4, -0.2) is 45.4 Å². The Bertz CT molecular complexity index is 1840. The van der Waals surface area contributed by atoms with Crippen molar-refractivity contribution in [2.24, 2.45) is 5.14 Å². The molecular formula is C32H29N3O9S. The van der Waals surface area contributed by atoms with Crippen molar-refractivity contribution in [3.8, 4) is 11.3 Å². The first-order chi connectivity index (χ1) is 21.5. The van der Waals surface area contributed by atoms with Crippen molar-refractivity contribution in [2.75, 3.05) is 18.5 Å². The van der Waals surface area contributed by atoms with Gasteiger partial charge in [-0.25, -0.2) is 23.1 Å². The van der Waals surface area contributed by atoms with Crippen molar-refractivity contribution in [3.63, 3.8) is 0 Å². The number of carbonyl (C=O) groups excluding carboxylic acids is 4. The molecule has 232 valence electrons. The molecule has 0 fully saturated rings. The second kappa shape index (κ2) is 14.3. The molecule has 12 nitrogen and oxygen atoms in total. The second-order valence-electron chi connectivity index (χ2n) is 9.33. The molecule has 0 radical (unpaired) electrons. The van der Waals surface area contributed by atoms with E-state index in [4.69, 9.17) is 19.0 Å². The quantitative estimate of drug-likeness (QED) is 0.160. The van der Waals surface area contributed by atoms with Gasteiger partial charge in [0.15, 0.2) is 0 Å². The van der Waals surface area contributed by atoms with Crippen LogP contribution in [0.2, 0.25) is 0 Å². The van der Waals surface area contributed by atoms with Crippen LogP contribution in [0.3, 0.4) is 0 Å². The number of furan rings is 1. The Morgan fingerprint density at radius 3 is 1.82 bits per heavy atom. The maximum Gasteiger partial charge on any atom is 0.338 e. The smallest absolute Gasteiger partial charge is 0.338 e. The first-order valence-corrected chi connectivity index (χ1v) is 15.1. The van der Waals surface area contributed by atoms with E-state index >= 15 is 0 Å². The summed E-state index contributed by atoms with van der Waals surface area (Å²) in [5, 5.41) is 10.4. The number of carbonyl (C=O) groups is 4. The summed E-state index contributed by atoms with van der Waals surface area (Å²) in [5.41, 5.74) is 1.41. The SMILES string of the molecule is CCOC(=O)c1ccc(NC(=O)/C(=C/c2ccc(-c3ccc(S(N)(=O)=O)cc3)o2)NC(=O)c2ccc(C(=O)OCC)cc2)cc1. The Hall–Kier alpha value is -5.53. The van der Waals surface area contributed by atoms with E-state index < -0.39 is 33.8 Å². The molecule has 13 heteroatoms. The summed E-state index contributed by atoms with van der Waals surface area (Å²) >= 11 is 0. The van der Waals surface area contributed by atoms with Gasteiger partial charge >= 0.3 is 11.9 Å². The number of sulfonamides is 1. The van der Waals surface area contributed by atoms with Crippen LogP contribution in [0.25, 0.3) is 17.4 Å². The lowest BCUT2D eigenvalue weighted by molar-refractivity contribution is -0.113. The van der Waals surface area contributed by atoms with E-state index in [1.54, 1.807) is 26.0 Å². The van der Waals surface area contributed by atoms with Gasteiger partial charge in [0.25, 0.3) is 11.8 Å². The minimum Gasteiger partial charge on any atom is -0.462 e. The van der Waals surface area contributed by atoms with Crippen molar-refractivity contribution in [3.05, 3.63) is 113 Å². The Labute approximate surface area is 258 Å². The normalized spacial score (nSPS) is 11.4. The molecule has 4 N–H and O–H groups in total. The number of esters is 2. The number of nitrogens with one attached hydrogen (secondary N) is 2. The average Bonchev–Trinajstić information content (AvgIpc) is 3.49. The number of ether oxygens (including phenoxy) is 2. The van der Waals surface area contributed by atoms with Gasteiger partial charge in [0.2, 0.25) is 10.0 Å². The molecule has 2 amide bonds. The molecule has 45 heavy (non-hydrogen) atoms. The van der Waals surface area contributed by atoms with Crippen LogP contribution in [0, 0.1) is 0 Å². The fourth-order valence-corrected chi connectivity index (χ4v) is 4.48. The molecule has 1 heterocycles. The van der Waals surface area contributed by atoms with E-state index in [9.17, 15) is 27.6 Å². The number of hydrogen-bond acceptors (Lipinski definition) is 9. The lowest BCUT2D eigenvalue weighted by Crippen LogP contribution is -2.30. The number of benzene rings is 3. The largest absolute Gasteiger partial charge is 0.462 e. The molecule has 0 atom stereocenters. The third-order valence-corrected chi connectivity index (χ3v) is 7.11. The fraction of sp³-hybridized carbons (Fsp3) is 0.125. The molecule has 1 aromatic heterocycles. The van der Waals surface area contributed by atoms with Crippen LogP contribution >= 0.6 is 0 Å². The molecule has 4 aromatic rings. The molecule has 0 aliphatic heterocycles. The summed E-state index contributed by atoms with van der Waals surface area (Å²) in [6, 6.07) is 20.6. The summed E-state index contributed by atoms with van der Waals surface area (Å²) < 4.78 is 38.9. The average molecular weight is 632 g/mol. The Morgan fingerprint density at radius 2 is 1.29 bits per heavy atom. The van der Waals surface area contributed by atoms with Gasteiger partial charge in [-0.3, -0.25) is 9.59 Å². The number of primary sulfonamides is 1. The Morgan fingerprint density at radius 1 is 0.756 bits per heavy atom. The maximum absolute atomic E-state index is 13.4. The van der Waals surface area contributed by atoms with Gasteiger partial charge in [-0.1, -0.05) is 0 Å². The van der Waals surface area contributed by atoms with Crippen molar-refractivity contribution in [2.45, 2.75) is 18.7 Å². The van der Waals surface area contributed by atoms with E-state index in [1.165, 1.54) is 78.9 Å². The van der Waals surface area contributed by atoms with Crippen LogP contribution in [0.1, 0.15) is 50.7 Å². The van der Waals surface area contributed by atoms with Gasteiger partial charge in [0.05, 0.1) is 29.2 Å². The number of anilines is 1. The molecular weight excluding hydrogens is 602 g/mol. The van der Waals surface area contributed by atoms with E-state index in [2.05, 4.69) is 10.6 Å². The predicted octanol–water partition coefficient (Wildman–Crippen LogP) is 4.36. The second-order valence-corrected chi connectivity index (χ2v) is 10.9. The topological polar surface area (TPSA) is 184 Å². The zero-order valence-electron chi connectivity index (χ0n) is 24.2. The molecule has 0 saturated carbocycles. The lowest BCUT2D eigenvalue weighted by atomic mass is 10.1. The van der Waals surface area contributed by atoms with Crippen LogP contribution in [0.15, 0.2) is 99.9 Å². The van der Waals surface area contributed by atoms with Crippen molar-refractivity contribution < 1.29 is 41.5 Å². The first kappa shape index (κ1) is 32.4. The number of amides is 2. The molecule has 3 aromatic carbocycles. The van der Waals surface area contributed by atoms with Gasteiger partial charge in [-0.05, 0) is 98.8 Å². The van der Waals surface area contributed by atoms with Crippen LogP contribution < -0.4 is 15.8 Å². The third kappa shape index (κ3) is 8.53. The van der Waals surface area contributed by atoms with Gasteiger partial charge < -0.3 is 24.5 Å². The van der Waals surface area contributed by atoms with Gasteiger partial charge in [0, 0.05) is 22.9 Å². The van der Waals surface area contributed by atoms with Gasteiger partial charge in [-0.2, -0.15) is 0 Å². The highest BCUT2D eigenvalue weighted by atomic mass is 32.2. The summed E-state index contributed by atoms with van der Waals surface area (Å²) in [6.45, 7) is 3.78. The molecule has 4 rings (SSSR count). The van der Waals surface area contributed by atoms with Gasteiger partial charge in [-0.15, -0.1) is 0 Å². The highest BCUT2D eigenvalue weighted by Gasteiger charge is 2.18. The van der Waals surface area contributed by atoms with E-state index in [0.717, 1.165) is 0 Å². The van der Waals surface area contributed by atoms with Crippen LogP contribution in [-0.2, 0) is 24.3 Å². The van der Waals surface area contributed by atoms with E-state index in [0.29, 0.717) is 22.6 Å². The van der Waals surface area contributed by atoms with Crippen molar-refractivity contribution in [1.82, 2.24) is 5.32 Å². The summed E-state index contributed by atoms with van der Waals surface area (Å²) in [6.07, 6.45) is 1.31. The Balaban J connectivity index is 1.60. The zero-order valence-corrected chi connectivity index (χ0v) is 25.1. The third-order valence-electron chi connectivity index (χ3n) is 6.19. The minimum absolute atomic E-state index is 0.0647. The highest BCUT2D eigenvalue weighted by molar-refractivity contribution is 7.89. The number of rotatable bonds is 11. The molecule has 0 saturated heterocycles. The zero-order chi connectivity index (χ0) is 32.6. The molecule has 0 unspecified atom stereocenters. The summed E-state index contributed by atoms with van der Waals surface area (Å²) in [7, 11) is -3.87. The summed E-state index contributed by atoms with van der Waals surface area (Å²) in [4.78, 5) is 50.4. The van der Waals surface area contributed by atoms with Crippen molar-refractivity contribution in [1.29, 1.82) is 0 Å². The summed E-state index contributed by atoms with van der Waals surface area (Å²) in [5.74, 6) is -1.84. The standard InChI is InChI=1S/C32H29N3O9S/c1-3-42-31(38)22-7-5-21(6-8-22)29(36)35-27(30(37)34-24-13-9-23(10-14-24)32(39)43-4-2)19-25-15-18-28(44-25)20-11-16-26(17-12-20)45(33,40)41/h5-19H,3-4H2,1-2H3,(H,34,37)(H,35,36)(H2,33,40,41)/b27-19-. The lowest BCUT2D eigenvalue weighted by Gasteiger charge is -2.11. The molecule has 0 aliphatic rings. The molecule has 0 aliphatic carbocycles. The first-order valence-electron chi connectivity index (χ1n) is 13.6. The number of nitrogens with two attached hydrogens (primary N) is 1. The number of hydrogen-bond donors (Lipinski definition) is 3. The van der Waals surface area contributed by atoms with Gasteiger partial charge in [0.1, 0.15) is 17.2 Å². The highest BCUT2D eigenvalue weighted by Crippen LogP contribution is 2.25. The fourth-order valence-electron chi connectivity index (χ4n) is 3.96. The predicted molar refractivity (Wildman–Crippen MR) is 164 cm³/mol. The van der Waals surface area contributed by atoms with Crippen molar-refractivity contribution >= 4 is 45.5 Å².